The fourth-order valence-corrected chi connectivity index (χ4v) is 1.65. The Morgan fingerprint density at radius 1 is 1.44 bits per heavy atom. The molecule has 1 fully saturated rings. The maximum atomic E-state index is 12.0. The summed E-state index contributed by atoms with van der Waals surface area (Å²) < 4.78 is 0. The third kappa shape index (κ3) is 2.25. The van der Waals surface area contributed by atoms with Gasteiger partial charge >= 0.3 is 0 Å². The number of carbonyl (C=O) groups excluding carboxylic acids is 1. The summed E-state index contributed by atoms with van der Waals surface area (Å²) in [5.41, 5.74) is 0.915. The molecule has 1 aromatic rings. The lowest BCUT2D eigenvalue weighted by atomic mass is 10.2. The van der Waals surface area contributed by atoms with Gasteiger partial charge in [0.25, 0.3) is 0 Å². The van der Waals surface area contributed by atoms with E-state index in [1.54, 1.807) is 12.3 Å². The van der Waals surface area contributed by atoms with Gasteiger partial charge < -0.3 is 10.2 Å². The van der Waals surface area contributed by atoms with E-state index in [9.17, 15) is 4.79 Å². The fourth-order valence-electron chi connectivity index (χ4n) is 1.65. The van der Waals surface area contributed by atoms with E-state index in [0.29, 0.717) is 11.4 Å². The van der Waals surface area contributed by atoms with Crippen LogP contribution in [0.2, 0.25) is 0 Å². The summed E-state index contributed by atoms with van der Waals surface area (Å²) in [6, 6.07) is 1.61. The van der Waals surface area contributed by atoms with Crippen molar-refractivity contribution in [3.8, 4) is 0 Å². The monoisotopic (exact) mass is 218 g/mol. The molecule has 0 unspecified atom stereocenters. The summed E-state index contributed by atoms with van der Waals surface area (Å²) in [6.07, 6.45) is 2.93. The predicted octanol–water partition coefficient (Wildman–Crippen LogP) is 0.0782. The highest BCUT2D eigenvalue weighted by Gasteiger charge is 2.19. The Hall–Kier alpha value is -1.75. The molecule has 0 aromatic carbocycles. The van der Waals surface area contributed by atoms with E-state index in [1.807, 2.05) is 4.90 Å². The van der Waals surface area contributed by atoms with Crippen LogP contribution in [0.3, 0.4) is 0 Å². The van der Waals surface area contributed by atoms with E-state index in [2.05, 4.69) is 21.9 Å². The molecule has 0 radical (unpaired) electrons. The molecule has 5 nitrogen and oxygen atoms in total. The average Bonchev–Trinajstić information content (AvgIpc) is 2.39. The molecule has 0 saturated carbocycles. The number of hydrogen-bond donors (Lipinski definition) is 1. The zero-order valence-corrected chi connectivity index (χ0v) is 9.02. The molecule has 2 rings (SSSR count). The summed E-state index contributed by atoms with van der Waals surface area (Å²) in [4.78, 5) is 21.7. The number of hydrogen-bond acceptors (Lipinski definition) is 5. The van der Waals surface area contributed by atoms with E-state index in [4.69, 9.17) is 0 Å². The van der Waals surface area contributed by atoms with Crippen molar-refractivity contribution >= 4 is 5.78 Å². The Balaban J connectivity index is 2.07. The Kier molecular flexibility index (Phi) is 3.26. The first-order chi connectivity index (χ1) is 7.79. The number of carbonyl (C=O) groups is 1. The first-order valence-electron chi connectivity index (χ1n) is 5.24. The Morgan fingerprint density at radius 3 is 2.81 bits per heavy atom. The quantitative estimate of drug-likeness (QED) is 0.575. The van der Waals surface area contributed by atoms with Crippen molar-refractivity contribution in [1.82, 2.24) is 20.2 Å². The average molecular weight is 218 g/mol. The highest BCUT2D eigenvalue weighted by Crippen LogP contribution is 2.09. The van der Waals surface area contributed by atoms with Gasteiger partial charge in [-0.05, 0) is 6.07 Å². The number of ketones is 1. The summed E-state index contributed by atoms with van der Waals surface area (Å²) >= 11 is 0. The molecule has 0 amide bonds. The van der Waals surface area contributed by atoms with Crippen molar-refractivity contribution in [2.75, 3.05) is 26.2 Å². The maximum absolute atomic E-state index is 12.0. The molecule has 1 aliphatic rings. The van der Waals surface area contributed by atoms with Gasteiger partial charge in [0.2, 0.25) is 5.78 Å². The standard InChI is InChI=1S/C11H14N4O/c1-9(15-6-4-12-5-7-15)11(16)10-2-3-13-8-14-10/h2-3,8,12H,1,4-7H2. The molecule has 0 spiro atoms. The van der Waals surface area contributed by atoms with Gasteiger partial charge in [-0.3, -0.25) is 4.79 Å². The number of nitrogens with one attached hydrogen (secondary N) is 1. The lowest BCUT2D eigenvalue weighted by molar-refractivity contribution is 0.0982. The molecule has 0 aliphatic carbocycles. The van der Waals surface area contributed by atoms with Crippen molar-refractivity contribution < 1.29 is 4.79 Å². The fraction of sp³-hybridized carbons (Fsp3) is 0.364. The SMILES string of the molecule is C=C(C(=O)c1ccncn1)N1CCNCC1. The highest BCUT2D eigenvalue weighted by molar-refractivity contribution is 6.06. The molecule has 0 atom stereocenters. The van der Waals surface area contributed by atoms with Crippen LogP contribution in [-0.2, 0) is 0 Å². The molecule has 1 aliphatic heterocycles. The van der Waals surface area contributed by atoms with Crippen LogP contribution in [0.15, 0.2) is 30.9 Å². The second-order valence-corrected chi connectivity index (χ2v) is 3.61. The van der Waals surface area contributed by atoms with Gasteiger partial charge in [-0.1, -0.05) is 6.58 Å². The third-order valence-electron chi connectivity index (χ3n) is 2.58. The summed E-state index contributed by atoms with van der Waals surface area (Å²) in [5.74, 6) is -0.121. The van der Waals surface area contributed by atoms with Gasteiger partial charge in [0.05, 0.1) is 5.70 Å². The van der Waals surface area contributed by atoms with Crippen LogP contribution in [0.4, 0.5) is 0 Å². The lowest BCUT2D eigenvalue weighted by Gasteiger charge is -2.29. The normalized spacial score (nSPS) is 15.9. The molecule has 1 saturated heterocycles. The van der Waals surface area contributed by atoms with Gasteiger partial charge in [0.15, 0.2) is 0 Å². The number of allylic oxidation sites excluding steroid dienone is 1. The predicted molar refractivity (Wildman–Crippen MR) is 59.9 cm³/mol. The van der Waals surface area contributed by atoms with E-state index < -0.39 is 0 Å². The smallest absolute Gasteiger partial charge is 0.226 e. The molecule has 16 heavy (non-hydrogen) atoms. The highest BCUT2D eigenvalue weighted by atomic mass is 16.1. The molecule has 1 N–H and O–H groups in total. The zero-order valence-electron chi connectivity index (χ0n) is 9.02. The molecule has 0 bridgehead atoms. The maximum Gasteiger partial charge on any atom is 0.226 e. The second kappa shape index (κ2) is 4.85. The van der Waals surface area contributed by atoms with Gasteiger partial charge in [0, 0.05) is 32.4 Å². The van der Waals surface area contributed by atoms with Gasteiger partial charge in [0.1, 0.15) is 12.0 Å². The molecular weight excluding hydrogens is 204 g/mol. The van der Waals surface area contributed by atoms with E-state index in [0.717, 1.165) is 26.2 Å². The molecule has 84 valence electrons. The number of aromatic nitrogens is 2. The van der Waals surface area contributed by atoms with Crippen LogP contribution >= 0.6 is 0 Å². The van der Waals surface area contributed by atoms with Crippen LogP contribution in [0, 0.1) is 0 Å². The van der Waals surface area contributed by atoms with Crippen molar-refractivity contribution in [2.45, 2.75) is 0 Å². The third-order valence-corrected chi connectivity index (χ3v) is 2.58. The van der Waals surface area contributed by atoms with Crippen molar-refractivity contribution in [1.29, 1.82) is 0 Å². The number of nitrogens with zero attached hydrogens (tertiary/aromatic N) is 3. The minimum Gasteiger partial charge on any atom is -0.366 e. The number of piperazine rings is 1. The molecular formula is C11H14N4O. The second-order valence-electron chi connectivity index (χ2n) is 3.61. The van der Waals surface area contributed by atoms with Crippen LogP contribution in [0.25, 0.3) is 0 Å². The van der Waals surface area contributed by atoms with E-state index in [1.165, 1.54) is 6.33 Å². The first-order valence-corrected chi connectivity index (χ1v) is 5.24. The molecule has 5 heteroatoms. The minimum atomic E-state index is -0.121. The van der Waals surface area contributed by atoms with Crippen molar-refractivity contribution in [3.05, 3.63) is 36.6 Å². The van der Waals surface area contributed by atoms with Gasteiger partial charge in [-0.25, -0.2) is 9.97 Å². The summed E-state index contributed by atoms with van der Waals surface area (Å²) in [7, 11) is 0. The Labute approximate surface area is 94.2 Å². The molecule has 1 aromatic heterocycles. The van der Waals surface area contributed by atoms with Crippen LogP contribution in [0.5, 0.6) is 0 Å². The van der Waals surface area contributed by atoms with E-state index in [-0.39, 0.29) is 5.78 Å². The largest absolute Gasteiger partial charge is 0.366 e. The summed E-state index contributed by atoms with van der Waals surface area (Å²) in [5, 5.41) is 3.23. The van der Waals surface area contributed by atoms with Crippen LogP contribution in [0.1, 0.15) is 10.5 Å². The Bertz CT molecular complexity index is 384. The van der Waals surface area contributed by atoms with Crippen molar-refractivity contribution in [2.24, 2.45) is 0 Å². The van der Waals surface area contributed by atoms with E-state index >= 15 is 0 Å². The van der Waals surface area contributed by atoms with Crippen LogP contribution in [-0.4, -0.2) is 46.8 Å². The number of Topliss-reactive ketones (excluding diaryl/α,β-unsaturated/α-hetero) is 1. The topological polar surface area (TPSA) is 58.1 Å². The van der Waals surface area contributed by atoms with Gasteiger partial charge in [-0.2, -0.15) is 0 Å². The Morgan fingerprint density at radius 2 is 2.19 bits per heavy atom. The first kappa shape index (κ1) is 10.8. The van der Waals surface area contributed by atoms with Crippen molar-refractivity contribution in [3.63, 3.8) is 0 Å². The summed E-state index contributed by atoms with van der Waals surface area (Å²) in [6.45, 7) is 7.24. The lowest BCUT2D eigenvalue weighted by Crippen LogP contribution is -2.44. The minimum absolute atomic E-state index is 0.121. The zero-order chi connectivity index (χ0) is 11.4. The van der Waals surface area contributed by atoms with Gasteiger partial charge in [-0.15, -0.1) is 0 Å². The number of rotatable bonds is 3. The molecule has 2 heterocycles. The van der Waals surface area contributed by atoms with Crippen LogP contribution < -0.4 is 5.32 Å².